The molecule has 1 aliphatic heterocycles. The molecule has 1 aliphatic rings. The second-order valence-corrected chi connectivity index (χ2v) is 5.64. The Hall–Kier alpha value is -2.21. The number of anilines is 3. The lowest BCUT2D eigenvalue weighted by Crippen LogP contribution is -2.33. The lowest BCUT2D eigenvalue weighted by Gasteiger charge is -2.31. The van der Waals surface area contributed by atoms with Gasteiger partial charge in [0.1, 0.15) is 0 Å². The van der Waals surface area contributed by atoms with E-state index in [9.17, 15) is 0 Å². The van der Waals surface area contributed by atoms with E-state index in [4.69, 9.17) is 5.73 Å². The van der Waals surface area contributed by atoms with E-state index in [1.807, 2.05) is 30.3 Å². The maximum Gasteiger partial charge on any atom is 0.232 e. The van der Waals surface area contributed by atoms with Crippen LogP contribution in [-0.2, 0) is 0 Å². The predicted octanol–water partition coefficient (Wildman–Crippen LogP) is 2.74. The van der Waals surface area contributed by atoms with Crippen LogP contribution >= 0.6 is 0 Å². The number of rotatable bonds is 4. The minimum Gasteiger partial charge on any atom is -0.368 e. The molecule has 3 N–H and O–H groups in total. The molecule has 0 radical (unpaired) electrons. The maximum atomic E-state index is 5.86. The molecule has 2 aromatic rings. The number of piperidine rings is 1. The molecule has 116 valence electrons. The summed E-state index contributed by atoms with van der Waals surface area (Å²) in [5, 5.41) is 3.18. The van der Waals surface area contributed by atoms with Gasteiger partial charge in [-0.25, -0.2) is 0 Å². The van der Waals surface area contributed by atoms with Crippen LogP contribution in [0.2, 0.25) is 0 Å². The number of nitrogens with zero attached hydrogens (tertiary/aromatic N) is 4. The van der Waals surface area contributed by atoms with Crippen LogP contribution in [0.5, 0.6) is 0 Å². The first-order chi connectivity index (χ1) is 10.7. The molecule has 1 aromatic heterocycles. The molecule has 6 heteroatoms. The number of likely N-dealkylation sites (tertiary alicyclic amines) is 1. The van der Waals surface area contributed by atoms with Crippen molar-refractivity contribution in [3.63, 3.8) is 0 Å². The van der Waals surface area contributed by atoms with Gasteiger partial charge in [-0.1, -0.05) is 24.6 Å². The zero-order chi connectivity index (χ0) is 15.4. The summed E-state index contributed by atoms with van der Waals surface area (Å²) < 4.78 is 0. The van der Waals surface area contributed by atoms with E-state index in [-0.39, 0.29) is 12.0 Å². The average Bonchev–Trinajstić information content (AvgIpc) is 2.55. The Morgan fingerprint density at radius 1 is 1.05 bits per heavy atom. The molecule has 22 heavy (non-hydrogen) atoms. The van der Waals surface area contributed by atoms with Gasteiger partial charge >= 0.3 is 0 Å². The van der Waals surface area contributed by atoms with Crippen molar-refractivity contribution in [3.8, 4) is 0 Å². The minimum atomic E-state index is 0.155. The number of para-hydroxylation sites is 1. The van der Waals surface area contributed by atoms with Crippen molar-refractivity contribution < 1.29 is 0 Å². The molecule has 1 unspecified atom stereocenters. The fourth-order valence-corrected chi connectivity index (χ4v) is 2.77. The Labute approximate surface area is 130 Å². The van der Waals surface area contributed by atoms with Gasteiger partial charge in [0.05, 0.1) is 6.04 Å². The number of nitrogens with one attached hydrogen (secondary N) is 1. The summed E-state index contributed by atoms with van der Waals surface area (Å²) >= 11 is 0. The summed E-state index contributed by atoms with van der Waals surface area (Å²) in [7, 11) is 0. The third-order valence-electron chi connectivity index (χ3n) is 4.01. The summed E-state index contributed by atoms with van der Waals surface area (Å²) in [6.45, 7) is 4.31. The lowest BCUT2D eigenvalue weighted by atomic mass is 10.1. The number of aromatic nitrogens is 3. The average molecular weight is 298 g/mol. The summed E-state index contributed by atoms with van der Waals surface area (Å²) in [5.41, 5.74) is 6.79. The van der Waals surface area contributed by atoms with Crippen molar-refractivity contribution in [1.29, 1.82) is 0 Å². The van der Waals surface area contributed by atoms with E-state index in [1.54, 1.807) is 0 Å². The summed E-state index contributed by atoms with van der Waals surface area (Å²) in [6.07, 6.45) is 3.78. The molecule has 1 atom stereocenters. The van der Waals surface area contributed by atoms with Crippen molar-refractivity contribution in [3.05, 3.63) is 36.2 Å². The van der Waals surface area contributed by atoms with Crippen LogP contribution in [-0.4, -0.2) is 32.9 Å². The first-order valence-corrected chi connectivity index (χ1v) is 7.80. The van der Waals surface area contributed by atoms with E-state index in [1.165, 1.54) is 19.3 Å². The van der Waals surface area contributed by atoms with Crippen LogP contribution in [0.25, 0.3) is 0 Å². The molecule has 2 heterocycles. The normalized spacial score (nSPS) is 17.1. The number of hydrogen-bond acceptors (Lipinski definition) is 6. The topological polar surface area (TPSA) is 80.0 Å². The molecule has 1 fully saturated rings. The SMILES string of the molecule is CC(c1nc(N)nc(Nc2ccccc2)n1)N1CCCCC1. The van der Waals surface area contributed by atoms with Gasteiger partial charge < -0.3 is 11.1 Å². The maximum absolute atomic E-state index is 5.86. The smallest absolute Gasteiger partial charge is 0.232 e. The Morgan fingerprint density at radius 3 is 2.50 bits per heavy atom. The number of hydrogen-bond donors (Lipinski definition) is 2. The largest absolute Gasteiger partial charge is 0.368 e. The number of nitrogen functional groups attached to an aromatic ring is 1. The highest BCUT2D eigenvalue weighted by atomic mass is 15.2. The number of benzene rings is 1. The van der Waals surface area contributed by atoms with Crippen molar-refractivity contribution in [2.75, 3.05) is 24.1 Å². The van der Waals surface area contributed by atoms with E-state index in [0.29, 0.717) is 5.95 Å². The van der Waals surface area contributed by atoms with Gasteiger partial charge in [0.15, 0.2) is 5.82 Å². The highest BCUT2D eigenvalue weighted by Gasteiger charge is 2.21. The fraction of sp³-hybridized carbons (Fsp3) is 0.438. The third-order valence-corrected chi connectivity index (χ3v) is 4.01. The third kappa shape index (κ3) is 3.51. The van der Waals surface area contributed by atoms with Crippen LogP contribution in [0, 0.1) is 0 Å². The quantitative estimate of drug-likeness (QED) is 0.903. The standard InChI is InChI=1S/C16H22N6/c1-12(22-10-6-3-7-11-22)14-19-15(17)21-16(20-14)18-13-8-4-2-5-9-13/h2,4-5,8-9,12H,3,6-7,10-11H2,1H3,(H3,17,18,19,20,21). The zero-order valence-electron chi connectivity index (χ0n) is 12.9. The first kappa shape index (κ1) is 14.7. The highest BCUT2D eigenvalue weighted by Crippen LogP contribution is 2.23. The van der Waals surface area contributed by atoms with Crippen molar-refractivity contribution in [2.45, 2.75) is 32.2 Å². The molecule has 0 bridgehead atoms. The monoisotopic (exact) mass is 298 g/mol. The molecule has 1 saturated heterocycles. The summed E-state index contributed by atoms with van der Waals surface area (Å²) in [4.78, 5) is 15.5. The second kappa shape index (κ2) is 6.70. The summed E-state index contributed by atoms with van der Waals surface area (Å²) in [6, 6.07) is 9.98. The van der Waals surface area contributed by atoms with Gasteiger partial charge in [0.25, 0.3) is 0 Å². The Balaban J connectivity index is 1.80. The molecule has 6 nitrogen and oxygen atoms in total. The second-order valence-electron chi connectivity index (χ2n) is 5.64. The Kier molecular flexibility index (Phi) is 4.48. The minimum absolute atomic E-state index is 0.155. The van der Waals surface area contributed by atoms with Crippen LogP contribution < -0.4 is 11.1 Å². The number of nitrogens with two attached hydrogens (primary N) is 1. The van der Waals surface area contributed by atoms with Crippen LogP contribution in [0.1, 0.15) is 38.1 Å². The molecular weight excluding hydrogens is 276 g/mol. The van der Waals surface area contributed by atoms with Crippen molar-refractivity contribution in [1.82, 2.24) is 19.9 Å². The molecule has 0 spiro atoms. The molecule has 1 aromatic carbocycles. The molecule has 0 aliphatic carbocycles. The summed E-state index contributed by atoms with van der Waals surface area (Å²) in [5.74, 6) is 1.48. The van der Waals surface area contributed by atoms with E-state index >= 15 is 0 Å². The Morgan fingerprint density at radius 2 is 1.77 bits per heavy atom. The van der Waals surface area contributed by atoms with Gasteiger partial charge in [-0.3, -0.25) is 4.90 Å². The first-order valence-electron chi connectivity index (χ1n) is 7.80. The molecule has 0 amide bonds. The van der Waals surface area contributed by atoms with Crippen molar-refractivity contribution >= 4 is 17.6 Å². The Bertz CT molecular complexity index is 609. The zero-order valence-corrected chi connectivity index (χ0v) is 12.9. The lowest BCUT2D eigenvalue weighted by molar-refractivity contribution is 0.169. The van der Waals surface area contributed by atoms with Crippen LogP contribution in [0.3, 0.4) is 0 Å². The van der Waals surface area contributed by atoms with Crippen molar-refractivity contribution in [2.24, 2.45) is 0 Å². The van der Waals surface area contributed by atoms with Gasteiger partial charge in [-0.2, -0.15) is 15.0 Å². The van der Waals surface area contributed by atoms with Gasteiger partial charge in [0.2, 0.25) is 11.9 Å². The van der Waals surface area contributed by atoms with Gasteiger partial charge in [-0.05, 0) is 45.0 Å². The van der Waals surface area contributed by atoms with Crippen LogP contribution in [0.15, 0.2) is 30.3 Å². The fourth-order valence-electron chi connectivity index (χ4n) is 2.77. The van der Waals surface area contributed by atoms with E-state index < -0.39 is 0 Å². The van der Waals surface area contributed by atoms with E-state index in [0.717, 1.165) is 24.6 Å². The van der Waals surface area contributed by atoms with Crippen LogP contribution in [0.4, 0.5) is 17.6 Å². The van der Waals surface area contributed by atoms with Gasteiger partial charge in [-0.15, -0.1) is 0 Å². The molecular formula is C16H22N6. The van der Waals surface area contributed by atoms with E-state index in [2.05, 4.69) is 32.1 Å². The predicted molar refractivity (Wildman–Crippen MR) is 87.8 cm³/mol. The highest BCUT2D eigenvalue weighted by molar-refractivity contribution is 5.53. The molecule has 0 saturated carbocycles. The van der Waals surface area contributed by atoms with Gasteiger partial charge in [0, 0.05) is 5.69 Å². The molecule has 3 rings (SSSR count).